The van der Waals surface area contributed by atoms with Crippen molar-refractivity contribution in [2.24, 2.45) is 0 Å². The zero-order chi connectivity index (χ0) is 19.6. The van der Waals surface area contributed by atoms with Crippen molar-refractivity contribution in [3.63, 3.8) is 0 Å². The van der Waals surface area contributed by atoms with Gasteiger partial charge in [-0.1, -0.05) is 73.5 Å². The fourth-order valence-corrected chi connectivity index (χ4v) is 5.22. The van der Waals surface area contributed by atoms with E-state index < -0.39 is 10.0 Å². The number of nitrogens with zero attached hydrogens (tertiary/aromatic N) is 2. The van der Waals surface area contributed by atoms with Crippen LogP contribution in [0.2, 0.25) is 0 Å². The van der Waals surface area contributed by atoms with E-state index in [0.717, 1.165) is 36.8 Å². The monoisotopic (exact) mass is 395 g/mol. The summed E-state index contributed by atoms with van der Waals surface area (Å²) in [5.41, 5.74) is 2.25. The molecule has 0 amide bonds. The highest BCUT2D eigenvalue weighted by Crippen LogP contribution is 2.33. The van der Waals surface area contributed by atoms with E-state index in [1.54, 1.807) is 6.20 Å². The summed E-state index contributed by atoms with van der Waals surface area (Å²) in [6, 6.07) is 19.1. The molecule has 6 heteroatoms. The molecule has 3 aromatic rings. The molecule has 1 aliphatic rings. The zero-order valence-corrected chi connectivity index (χ0v) is 16.8. The van der Waals surface area contributed by atoms with Crippen molar-refractivity contribution >= 4 is 10.0 Å². The molecular formula is C22H25N3O2S. The molecule has 1 fully saturated rings. The third-order valence-electron chi connectivity index (χ3n) is 5.37. The van der Waals surface area contributed by atoms with Crippen LogP contribution in [0.3, 0.4) is 0 Å². The fraction of sp³-hybridized carbons (Fsp3) is 0.318. The van der Waals surface area contributed by atoms with E-state index in [0.29, 0.717) is 5.69 Å². The maximum Gasteiger partial charge on any atom is 0.244 e. The van der Waals surface area contributed by atoms with Crippen molar-refractivity contribution in [3.05, 3.63) is 72.4 Å². The Morgan fingerprint density at radius 1 is 1.00 bits per heavy atom. The minimum absolute atomic E-state index is 0.244. The van der Waals surface area contributed by atoms with Crippen LogP contribution in [-0.4, -0.2) is 18.2 Å². The standard InChI is InChI=1S/C22H25N3O2S/c1-17(18-10-4-2-5-11-18)24-28(26,27)21-16-25(20-14-8-9-15-20)23-22(21)19-12-6-3-7-13-19/h2-7,10-13,16-17,20,24H,8-9,14-15H2,1H3. The van der Waals surface area contributed by atoms with Gasteiger partial charge in [-0.25, -0.2) is 13.1 Å². The van der Waals surface area contributed by atoms with Crippen LogP contribution in [-0.2, 0) is 10.0 Å². The predicted octanol–water partition coefficient (Wildman–Crippen LogP) is 4.70. The Kier molecular flexibility index (Phi) is 5.33. The first-order valence-corrected chi connectivity index (χ1v) is 11.2. The molecule has 1 N–H and O–H groups in total. The molecule has 1 atom stereocenters. The Hall–Kier alpha value is -2.44. The number of benzene rings is 2. The van der Waals surface area contributed by atoms with Gasteiger partial charge >= 0.3 is 0 Å². The molecule has 0 spiro atoms. The molecule has 5 nitrogen and oxygen atoms in total. The second-order valence-corrected chi connectivity index (χ2v) is 9.06. The molecule has 1 heterocycles. The Labute approximate surface area is 166 Å². The SMILES string of the molecule is CC(NS(=O)(=O)c1cn(C2CCCC2)nc1-c1ccccc1)c1ccccc1. The minimum atomic E-state index is -3.73. The number of nitrogens with one attached hydrogen (secondary N) is 1. The predicted molar refractivity (Wildman–Crippen MR) is 110 cm³/mol. The van der Waals surface area contributed by atoms with Crippen molar-refractivity contribution in [2.45, 2.75) is 49.6 Å². The Morgan fingerprint density at radius 2 is 1.61 bits per heavy atom. The van der Waals surface area contributed by atoms with Gasteiger partial charge in [-0.3, -0.25) is 4.68 Å². The lowest BCUT2D eigenvalue weighted by molar-refractivity contribution is 0.467. The third kappa shape index (κ3) is 3.88. The molecule has 0 bridgehead atoms. The van der Waals surface area contributed by atoms with E-state index in [1.807, 2.05) is 72.3 Å². The largest absolute Gasteiger partial charge is 0.268 e. The summed E-state index contributed by atoms with van der Waals surface area (Å²) in [6.07, 6.45) is 6.12. The number of aromatic nitrogens is 2. The minimum Gasteiger partial charge on any atom is -0.268 e. The maximum atomic E-state index is 13.3. The number of hydrogen-bond acceptors (Lipinski definition) is 3. The van der Waals surface area contributed by atoms with Crippen LogP contribution in [0.25, 0.3) is 11.3 Å². The first-order chi connectivity index (χ1) is 13.5. The van der Waals surface area contributed by atoms with Gasteiger partial charge in [0.25, 0.3) is 0 Å². The summed E-state index contributed by atoms with van der Waals surface area (Å²) >= 11 is 0. The van der Waals surface area contributed by atoms with E-state index >= 15 is 0 Å². The van der Waals surface area contributed by atoms with Crippen LogP contribution in [0.15, 0.2) is 71.8 Å². The van der Waals surface area contributed by atoms with Crippen molar-refractivity contribution < 1.29 is 8.42 Å². The second kappa shape index (κ2) is 7.89. The Morgan fingerprint density at radius 3 is 2.25 bits per heavy atom. The summed E-state index contributed by atoms with van der Waals surface area (Å²) < 4.78 is 31.2. The average molecular weight is 396 g/mol. The Bertz CT molecular complexity index is 1020. The van der Waals surface area contributed by atoms with Gasteiger partial charge in [-0.05, 0) is 25.3 Å². The molecule has 1 saturated carbocycles. The van der Waals surface area contributed by atoms with Gasteiger partial charge in [-0.15, -0.1) is 0 Å². The van der Waals surface area contributed by atoms with E-state index in [9.17, 15) is 8.42 Å². The number of rotatable bonds is 6. The molecule has 0 aliphatic heterocycles. The molecule has 2 aromatic carbocycles. The summed E-state index contributed by atoms with van der Waals surface area (Å²) in [4.78, 5) is 0.244. The van der Waals surface area contributed by atoms with E-state index in [-0.39, 0.29) is 17.0 Å². The van der Waals surface area contributed by atoms with Crippen LogP contribution in [0.1, 0.15) is 50.3 Å². The van der Waals surface area contributed by atoms with Gasteiger partial charge in [0.15, 0.2) is 0 Å². The van der Waals surface area contributed by atoms with Crippen molar-refractivity contribution in [1.82, 2.24) is 14.5 Å². The molecule has 146 valence electrons. The van der Waals surface area contributed by atoms with Gasteiger partial charge in [0.05, 0.1) is 6.04 Å². The van der Waals surface area contributed by atoms with Crippen LogP contribution >= 0.6 is 0 Å². The highest BCUT2D eigenvalue weighted by atomic mass is 32.2. The zero-order valence-electron chi connectivity index (χ0n) is 16.0. The average Bonchev–Trinajstić information content (AvgIpc) is 3.39. The fourth-order valence-electron chi connectivity index (χ4n) is 3.83. The molecule has 0 radical (unpaired) electrons. The molecular weight excluding hydrogens is 370 g/mol. The van der Waals surface area contributed by atoms with Crippen LogP contribution in [0, 0.1) is 0 Å². The quantitative estimate of drug-likeness (QED) is 0.658. The summed E-state index contributed by atoms with van der Waals surface area (Å²) in [5, 5.41) is 4.71. The van der Waals surface area contributed by atoms with Gasteiger partial charge in [0, 0.05) is 17.8 Å². The van der Waals surface area contributed by atoms with Crippen LogP contribution in [0.4, 0.5) is 0 Å². The lowest BCUT2D eigenvalue weighted by Gasteiger charge is -2.14. The second-order valence-electron chi connectivity index (χ2n) is 7.38. The Balaban J connectivity index is 1.72. The first-order valence-electron chi connectivity index (χ1n) is 9.76. The normalized spacial score (nSPS) is 16.3. The summed E-state index contributed by atoms with van der Waals surface area (Å²) in [5.74, 6) is 0. The van der Waals surface area contributed by atoms with Gasteiger partial charge in [-0.2, -0.15) is 5.10 Å². The topological polar surface area (TPSA) is 64.0 Å². The summed E-state index contributed by atoms with van der Waals surface area (Å²) in [6.45, 7) is 1.86. The summed E-state index contributed by atoms with van der Waals surface area (Å²) in [7, 11) is -3.73. The van der Waals surface area contributed by atoms with Gasteiger partial charge < -0.3 is 0 Å². The van der Waals surface area contributed by atoms with Crippen molar-refractivity contribution in [2.75, 3.05) is 0 Å². The van der Waals surface area contributed by atoms with E-state index in [1.165, 1.54) is 0 Å². The van der Waals surface area contributed by atoms with E-state index in [4.69, 9.17) is 5.10 Å². The third-order valence-corrected chi connectivity index (χ3v) is 6.91. The molecule has 1 unspecified atom stereocenters. The highest BCUT2D eigenvalue weighted by molar-refractivity contribution is 7.89. The van der Waals surface area contributed by atoms with Crippen molar-refractivity contribution in [3.8, 4) is 11.3 Å². The van der Waals surface area contributed by atoms with Crippen LogP contribution < -0.4 is 4.72 Å². The number of hydrogen-bond donors (Lipinski definition) is 1. The molecule has 0 saturated heterocycles. The first kappa shape index (κ1) is 18.9. The molecule has 28 heavy (non-hydrogen) atoms. The maximum absolute atomic E-state index is 13.3. The van der Waals surface area contributed by atoms with Gasteiger partial charge in [0.1, 0.15) is 10.6 Å². The molecule has 4 rings (SSSR count). The molecule has 1 aromatic heterocycles. The van der Waals surface area contributed by atoms with Gasteiger partial charge in [0.2, 0.25) is 10.0 Å². The van der Waals surface area contributed by atoms with Crippen LogP contribution in [0.5, 0.6) is 0 Å². The van der Waals surface area contributed by atoms with Crippen molar-refractivity contribution in [1.29, 1.82) is 0 Å². The lowest BCUT2D eigenvalue weighted by atomic mass is 10.1. The highest BCUT2D eigenvalue weighted by Gasteiger charge is 2.28. The smallest absolute Gasteiger partial charge is 0.244 e. The van der Waals surface area contributed by atoms with E-state index in [2.05, 4.69) is 4.72 Å². The number of sulfonamides is 1. The molecule has 1 aliphatic carbocycles. The lowest BCUT2D eigenvalue weighted by Crippen LogP contribution is -2.27.